The van der Waals surface area contributed by atoms with E-state index in [0.29, 0.717) is 0 Å². The van der Waals surface area contributed by atoms with Crippen molar-refractivity contribution in [2.24, 2.45) is 0 Å². The molecule has 2 heterocycles. The minimum absolute atomic E-state index is 0.927. The SMILES string of the molecule is S=C1NCCc2ccsc21. The van der Waals surface area contributed by atoms with Gasteiger partial charge >= 0.3 is 0 Å². The van der Waals surface area contributed by atoms with Gasteiger partial charge in [-0.1, -0.05) is 12.2 Å². The van der Waals surface area contributed by atoms with Crippen molar-refractivity contribution in [3.05, 3.63) is 21.9 Å². The second kappa shape index (κ2) is 2.32. The van der Waals surface area contributed by atoms with Gasteiger partial charge in [-0.25, -0.2) is 0 Å². The lowest BCUT2D eigenvalue weighted by atomic mass is 10.1. The summed E-state index contributed by atoms with van der Waals surface area (Å²) in [6, 6.07) is 2.16. The van der Waals surface area contributed by atoms with Crippen LogP contribution in [0.5, 0.6) is 0 Å². The lowest BCUT2D eigenvalue weighted by Crippen LogP contribution is -2.29. The van der Waals surface area contributed by atoms with E-state index in [-0.39, 0.29) is 0 Å². The highest BCUT2D eigenvalue weighted by molar-refractivity contribution is 7.81. The number of nitrogens with one attached hydrogen (secondary N) is 1. The summed E-state index contributed by atoms with van der Waals surface area (Å²) < 4.78 is 0. The van der Waals surface area contributed by atoms with E-state index in [1.165, 1.54) is 10.4 Å². The molecule has 3 heteroatoms. The molecule has 10 heavy (non-hydrogen) atoms. The highest BCUT2D eigenvalue weighted by atomic mass is 32.1. The molecule has 1 nitrogen and oxygen atoms in total. The molecule has 2 rings (SSSR count). The Kier molecular flexibility index (Phi) is 1.47. The zero-order chi connectivity index (χ0) is 6.97. The van der Waals surface area contributed by atoms with Gasteiger partial charge in [-0.3, -0.25) is 0 Å². The molecule has 1 aliphatic rings. The van der Waals surface area contributed by atoms with Gasteiger partial charge in [0.05, 0.1) is 4.88 Å². The average molecular weight is 169 g/mol. The summed E-state index contributed by atoms with van der Waals surface area (Å²) >= 11 is 6.84. The fourth-order valence-corrected chi connectivity index (χ4v) is 2.37. The molecule has 1 aromatic rings. The summed E-state index contributed by atoms with van der Waals surface area (Å²) in [6.07, 6.45) is 1.12. The zero-order valence-electron chi connectivity index (χ0n) is 5.39. The minimum Gasteiger partial charge on any atom is -0.375 e. The van der Waals surface area contributed by atoms with Crippen LogP contribution < -0.4 is 5.32 Å². The topological polar surface area (TPSA) is 12.0 Å². The minimum atomic E-state index is 0.927. The van der Waals surface area contributed by atoms with Crippen molar-refractivity contribution >= 4 is 28.5 Å². The van der Waals surface area contributed by atoms with E-state index in [2.05, 4.69) is 16.8 Å². The van der Waals surface area contributed by atoms with Crippen LogP contribution in [0, 0.1) is 0 Å². The first-order chi connectivity index (χ1) is 4.88. The normalized spacial score (nSPS) is 16.2. The van der Waals surface area contributed by atoms with E-state index in [1.54, 1.807) is 11.3 Å². The molecular formula is C7H7NS2. The number of fused-ring (bicyclic) bond motifs is 1. The quantitative estimate of drug-likeness (QED) is 0.592. The molecule has 1 aromatic heterocycles. The molecule has 0 amide bonds. The monoisotopic (exact) mass is 169 g/mol. The van der Waals surface area contributed by atoms with Crippen molar-refractivity contribution in [1.29, 1.82) is 0 Å². The van der Waals surface area contributed by atoms with E-state index >= 15 is 0 Å². The third kappa shape index (κ3) is 0.859. The summed E-state index contributed by atoms with van der Waals surface area (Å²) in [7, 11) is 0. The van der Waals surface area contributed by atoms with Gasteiger partial charge in [0.1, 0.15) is 4.99 Å². The highest BCUT2D eigenvalue weighted by Gasteiger charge is 2.13. The van der Waals surface area contributed by atoms with Crippen LogP contribution in [-0.4, -0.2) is 11.5 Å². The van der Waals surface area contributed by atoms with Crippen molar-refractivity contribution in [3.63, 3.8) is 0 Å². The van der Waals surface area contributed by atoms with Crippen molar-refractivity contribution in [2.75, 3.05) is 6.54 Å². The Labute approximate surface area is 69.1 Å². The predicted molar refractivity (Wildman–Crippen MR) is 47.7 cm³/mol. The number of hydrogen-bond donors (Lipinski definition) is 1. The van der Waals surface area contributed by atoms with Crippen molar-refractivity contribution in [2.45, 2.75) is 6.42 Å². The number of thiocarbonyl (C=S) groups is 1. The van der Waals surface area contributed by atoms with Gasteiger partial charge in [0.25, 0.3) is 0 Å². The van der Waals surface area contributed by atoms with Gasteiger partial charge in [0.2, 0.25) is 0 Å². The number of hydrogen-bond acceptors (Lipinski definition) is 2. The largest absolute Gasteiger partial charge is 0.375 e. The van der Waals surface area contributed by atoms with Crippen LogP contribution in [0.15, 0.2) is 11.4 Å². The van der Waals surface area contributed by atoms with E-state index in [1.807, 2.05) is 0 Å². The van der Waals surface area contributed by atoms with E-state index in [0.717, 1.165) is 18.0 Å². The first-order valence-corrected chi connectivity index (χ1v) is 4.51. The summed E-state index contributed by atoms with van der Waals surface area (Å²) in [5.41, 5.74) is 1.41. The van der Waals surface area contributed by atoms with Gasteiger partial charge < -0.3 is 5.32 Å². The molecule has 0 aliphatic carbocycles. The summed E-state index contributed by atoms with van der Waals surface area (Å²) in [6.45, 7) is 1.00. The maximum Gasteiger partial charge on any atom is 0.117 e. The van der Waals surface area contributed by atoms with Crippen LogP contribution in [0.4, 0.5) is 0 Å². The standard InChI is InChI=1S/C7H7NS2/c9-7-6-5(1-3-8-7)2-4-10-6/h2,4H,1,3H2,(H,8,9). The van der Waals surface area contributed by atoms with Crippen LogP contribution in [0.3, 0.4) is 0 Å². The van der Waals surface area contributed by atoms with Crippen LogP contribution in [0.1, 0.15) is 10.4 Å². The van der Waals surface area contributed by atoms with Gasteiger partial charge in [0.15, 0.2) is 0 Å². The van der Waals surface area contributed by atoms with E-state index < -0.39 is 0 Å². The Morgan fingerprint density at radius 1 is 1.60 bits per heavy atom. The molecule has 0 bridgehead atoms. The fourth-order valence-electron chi connectivity index (χ4n) is 1.12. The van der Waals surface area contributed by atoms with E-state index in [4.69, 9.17) is 12.2 Å². The third-order valence-electron chi connectivity index (χ3n) is 1.63. The Hall–Kier alpha value is -0.410. The molecule has 0 atom stereocenters. The second-order valence-electron chi connectivity index (χ2n) is 2.28. The second-order valence-corrected chi connectivity index (χ2v) is 3.61. The molecule has 0 radical (unpaired) electrons. The van der Waals surface area contributed by atoms with Gasteiger partial charge in [0, 0.05) is 6.54 Å². The predicted octanol–water partition coefficient (Wildman–Crippen LogP) is 1.57. The van der Waals surface area contributed by atoms with Crippen LogP contribution in [-0.2, 0) is 6.42 Å². The Morgan fingerprint density at radius 2 is 2.50 bits per heavy atom. The van der Waals surface area contributed by atoms with E-state index in [9.17, 15) is 0 Å². The Bertz CT molecular complexity index is 264. The van der Waals surface area contributed by atoms with Crippen LogP contribution >= 0.6 is 23.6 Å². The van der Waals surface area contributed by atoms with Crippen molar-refractivity contribution in [1.82, 2.24) is 5.32 Å². The first-order valence-electron chi connectivity index (χ1n) is 3.22. The lowest BCUT2D eigenvalue weighted by molar-refractivity contribution is 0.855. The van der Waals surface area contributed by atoms with Gasteiger partial charge in [-0.2, -0.15) is 0 Å². The summed E-state index contributed by atoms with van der Waals surface area (Å²) in [4.78, 5) is 2.19. The summed E-state index contributed by atoms with van der Waals surface area (Å²) in [5.74, 6) is 0. The Balaban J connectivity index is 2.50. The molecular weight excluding hydrogens is 162 g/mol. The van der Waals surface area contributed by atoms with Gasteiger partial charge in [-0.05, 0) is 23.4 Å². The Morgan fingerprint density at radius 3 is 3.30 bits per heavy atom. The maximum atomic E-state index is 5.11. The molecule has 52 valence electrons. The molecule has 0 unspecified atom stereocenters. The molecule has 0 aromatic carbocycles. The molecule has 0 saturated heterocycles. The zero-order valence-corrected chi connectivity index (χ0v) is 7.02. The van der Waals surface area contributed by atoms with Crippen LogP contribution in [0.25, 0.3) is 0 Å². The van der Waals surface area contributed by atoms with Crippen molar-refractivity contribution in [3.8, 4) is 0 Å². The fraction of sp³-hybridized carbons (Fsp3) is 0.286. The lowest BCUT2D eigenvalue weighted by Gasteiger charge is -2.13. The summed E-state index contributed by atoms with van der Waals surface area (Å²) in [5, 5.41) is 5.27. The molecule has 0 spiro atoms. The first kappa shape index (κ1) is 6.31. The van der Waals surface area contributed by atoms with Crippen molar-refractivity contribution < 1.29 is 0 Å². The molecule has 1 aliphatic heterocycles. The maximum absolute atomic E-state index is 5.11. The average Bonchev–Trinajstić information content (AvgIpc) is 2.36. The van der Waals surface area contributed by atoms with Gasteiger partial charge in [-0.15, -0.1) is 11.3 Å². The highest BCUT2D eigenvalue weighted by Crippen LogP contribution is 2.19. The number of rotatable bonds is 0. The van der Waals surface area contributed by atoms with Crippen LogP contribution in [0.2, 0.25) is 0 Å². The molecule has 1 N–H and O–H groups in total. The molecule has 0 saturated carbocycles. The molecule has 0 fully saturated rings. The smallest absolute Gasteiger partial charge is 0.117 e. The number of thiophene rings is 1. The third-order valence-corrected chi connectivity index (χ3v) is 3.08.